The van der Waals surface area contributed by atoms with Crippen molar-refractivity contribution < 1.29 is 29.1 Å². The highest BCUT2D eigenvalue weighted by atomic mass is 16.6. The number of nitrogens with one attached hydrogen (secondary N) is 1. The molecule has 0 unspecified atom stereocenters. The first-order chi connectivity index (χ1) is 13.3. The molecular weight excluding hydrogens is 368 g/mol. The van der Waals surface area contributed by atoms with Crippen LogP contribution in [-0.2, 0) is 0 Å². The number of nitro benzene ring substituents is 1. The van der Waals surface area contributed by atoms with Gasteiger partial charge in [0.25, 0.3) is 11.6 Å². The number of non-ortho nitro benzene ring substituents is 1. The number of aromatic carboxylic acids is 1. The molecule has 0 heterocycles. The van der Waals surface area contributed by atoms with Gasteiger partial charge in [0.1, 0.15) is 11.5 Å². The van der Waals surface area contributed by atoms with Crippen LogP contribution in [-0.4, -0.2) is 35.6 Å². The molecule has 0 aliphatic rings. The molecule has 0 spiro atoms. The number of anilines is 1. The van der Waals surface area contributed by atoms with E-state index >= 15 is 0 Å². The van der Waals surface area contributed by atoms with Gasteiger partial charge in [0.2, 0.25) is 0 Å². The zero-order valence-corrected chi connectivity index (χ0v) is 15.4. The first-order valence-electron chi connectivity index (χ1n) is 8.50. The maximum Gasteiger partial charge on any atom is 0.335 e. The molecule has 0 saturated carbocycles. The van der Waals surface area contributed by atoms with E-state index in [1.165, 1.54) is 7.11 Å². The van der Waals surface area contributed by atoms with E-state index in [0.717, 1.165) is 31.0 Å². The first-order valence-corrected chi connectivity index (χ1v) is 8.50. The molecule has 9 heteroatoms. The number of rotatable bonds is 9. The largest absolute Gasteiger partial charge is 0.497 e. The number of carbonyl (C=O) groups excluding carboxylic acids is 1. The summed E-state index contributed by atoms with van der Waals surface area (Å²) >= 11 is 0. The number of nitrogens with zero attached hydrogens (tertiary/aromatic N) is 1. The molecule has 2 rings (SSSR count). The van der Waals surface area contributed by atoms with Gasteiger partial charge < -0.3 is 19.9 Å². The van der Waals surface area contributed by atoms with Crippen LogP contribution in [0.5, 0.6) is 11.5 Å². The summed E-state index contributed by atoms with van der Waals surface area (Å²) in [5.74, 6) is -1.20. The van der Waals surface area contributed by atoms with Gasteiger partial charge in [0, 0.05) is 23.8 Å². The minimum atomic E-state index is -1.37. The molecule has 1 amide bonds. The minimum Gasteiger partial charge on any atom is -0.497 e. The van der Waals surface area contributed by atoms with Gasteiger partial charge in [-0.3, -0.25) is 14.9 Å². The molecule has 2 aromatic carbocycles. The van der Waals surface area contributed by atoms with Crippen molar-refractivity contribution in [1.29, 1.82) is 0 Å². The van der Waals surface area contributed by atoms with Crippen LogP contribution >= 0.6 is 0 Å². The second-order valence-corrected chi connectivity index (χ2v) is 5.85. The van der Waals surface area contributed by atoms with E-state index in [0.29, 0.717) is 23.8 Å². The van der Waals surface area contributed by atoms with Gasteiger partial charge in [-0.25, -0.2) is 4.79 Å². The summed E-state index contributed by atoms with van der Waals surface area (Å²) in [6, 6.07) is 7.84. The number of methoxy groups -OCH3 is 1. The lowest BCUT2D eigenvalue weighted by molar-refractivity contribution is -0.384. The van der Waals surface area contributed by atoms with Crippen molar-refractivity contribution in [2.75, 3.05) is 19.0 Å². The van der Waals surface area contributed by atoms with Gasteiger partial charge in [0.05, 0.1) is 29.9 Å². The second kappa shape index (κ2) is 9.36. The number of carboxylic acids is 1. The van der Waals surface area contributed by atoms with Crippen molar-refractivity contribution in [2.45, 2.75) is 19.8 Å². The highest BCUT2D eigenvalue weighted by Crippen LogP contribution is 2.30. The van der Waals surface area contributed by atoms with Gasteiger partial charge >= 0.3 is 5.97 Å². The molecule has 2 N–H and O–H groups in total. The molecule has 0 aliphatic heterocycles. The van der Waals surface area contributed by atoms with Crippen LogP contribution in [0.15, 0.2) is 36.4 Å². The molecule has 0 bridgehead atoms. The molecule has 2 aromatic rings. The number of ether oxygens (including phenoxy) is 2. The molecule has 0 saturated heterocycles. The molecule has 0 aromatic heterocycles. The van der Waals surface area contributed by atoms with Crippen molar-refractivity contribution in [2.24, 2.45) is 0 Å². The fourth-order valence-electron chi connectivity index (χ4n) is 2.35. The third-order valence-electron chi connectivity index (χ3n) is 3.83. The first kappa shape index (κ1) is 20.7. The van der Waals surface area contributed by atoms with E-state index in [4.69, 9.17) is 14.6 Å². The zero-order chi connectivity index (χ0) is 20.7. The van der Waals surface area contributed by atoms with Crippen molar-refractivity contribution in [3.05, 3.63) is 57.6 Å². The van der Waals surface area contributed by atoms with E-state index in [1.807, 2.05) is 6.92 Å². The summed E-state index contributed by atoms with van der Waals surface area (Å²) in [6.07, 6.45) is 1.76. The van der Waals surface area contributed by atoms with Gasteiger partial charge in [-0.15, -0.1) is 0 Å². The van der Waals surface area contributed by atoms with E-state index < -0.39 is 22.5 Å². The van der Waals surface area contributed by atoms with Crippen LogP contribution in [0.3, 0.4) is 0 Å². The Kier molecular flexibility index (Phi) is 6.91. The highest BCUT2D eigenvalue weighted by molar-refractivity contribution is 6.06. The van der Waals surface area contributed by atoms with Crippen LogP contribution in [0.4, 0.5) is 11.4 Å². The Hall–Kier alpha value is -3.62. The van der Waals surface area contributed by atoms with Gasteiger partial charge in [0.15, 0.2) is 0 Å². The van der Waals surface area contributed by atoms with Gasteiger partial charge in [-0.1, -0.05) is 13.3 Å². The second-order valence-electron chi connectivity index (χ2n) is 5.85. The average Bonchev–Trinajstić information content (AvgIpc) is 2.68. The van der Waals surface area contributed by atoms with E-state index in [9.17, 15) is 19.7 Å². The number of hydrogen-bond donors (Lipinski definition) is 2. The van der Waals surface area contributed by atoms with Gasteiger partial charge in [-0.2, -0.15) is 0 Å². The highest BCUT2D eigenvalue weighted by Gasteiger charge is 2.19. The van der Waals surface area contributed by atoms with E-state index in [2.05, 4.69) is 5.32 Å². The normalized spacial score (nSPS) is 10.2. The third-order valence-corrected chi connectivity index (χ3v) is 3.83. The van der Waals surface area contributed by atoms with Gasteiger partial charge in [-0.05, 0) is 24.6 Å². The third kappa shape index (κ3) is 5.19. The predicted molar refractivity (Wildman–Crippen MR) is 101 cm³/mol. The van der Waals surface area contributed by atoms with Crippen molar-refractivity contribution in [3.8, 4) is 11.5 Å². The summed E-state index contributed by atoms with van der Waals surface area (Å²) in [6.45, 7) is 2.47. The molecule has 0 atom stereocenters. The SMILES string of the molecule is CCCCOc1ccc(OC)cc1NC(=O)c1cc(C(=O)O)cc([N+](=O)[O-])c1. The van der Waals surface area contributed by atoms with Crippen molar-refractivity contribution >= 4 is 23.3 Å². The lowest BCUT2D eigenvalue weighted by Crippen LogP contribution is -2.14. The summed E-state index contributed by atoms with van der Waals surface area (Å²) in [5, 5.41) is 22.8. The Labute approximate surface area is 161 Å². The molecule has 9 nitrogen and oxygen atoms in total. The molecule has 0 radical (unpaired) electrons. The molecule has 148 valence electrons. The quantitative estimate of drug-likeness (QED) is 0.380. The Morgan fingerprint density at radius 1 is 1.18 bits per heavy atom. The van der Waals surface area contributed by atoms with E-state index in [-0.39, 0.29) is 11.1 Å². The average molecular weight is 388 g/mol. The molecule has 0 fully saturated rings. The Balaban J connectivity index is 2.35. The molecular formula is C19H20N2O7. The smallest absolute Gasteiger partial charge is 0.335 e. The summed E-state index contributed by atoms with van der Waals surface area (Å²) in [7, 11) is 1.47. The number of unbranched alkanes of at least 4 members (excludes halogenated alkanes) is 1. The van der Waals surface area contributed by atoms with Crippen LogP contribution < -0.4 is 14.8 Å². The fraction of sp³-hybridized carbons (Fsp3) is 0.263. The summed E-state index contributed by atoms with van der Waals surface area (Å²) in [5.41, 5.74) is -0.697. The Morgan fingerprint density at radius 3 is 2.50 bits per heavy atom. The minimum absolute atomic E-state index is 0.158. The van der Waals surface area contributed by atoms with E-state index in [1.54, 1.807) is 18.2 Å². The van der Waals surface area contributed by atoms with Crippen molar-refractivity contribution in [3.63, 3.8) is 0 Å². The number of benzene rings is 2. The lowest BCUT2D eigenvalue weighted by Gasteiger charge is -2.14. The number of carbonyl (C=O) groups is 2. The number of hydrogen-bond acceptors (Lipinski definition) is 6. The molecule has 0 aliphatic carbocycles. The predicted octanol–water partition coefficient (Wildman–Crippen LogP) is 3.73. The number of amides is 1. The monoisotopic (exact) mass is 388 g/mol. The maximum absolute atomic E-state index is 12.6. The summed E-state index contributed by atoms with van der Waals surface area (Å²) in [4.78, 5) is 34.1. The lowest BCUT2D eigenvalue weighted by atomic mass is 10.1. The van der Waals surface area contributed by atoms with Crippen LogP contribution in [0.25, 0.3) is 0 Å². The fourth-order valence-corrected chi connectivity index (χ4v) is 2.35. The number of carboxylic acid groups (broad SMARTS) is 1. The number of nitro groups is 1. The van der Waals surface area contributed by atoms with Crippen molar-refractivity contribution in [1.82, 2.24) is 0 Å². The summed E-state index contributed by atoms with van der Waals surface area (Å²) < 4.78 is 10.8. The zero-order valence-electron chi connectivity index (χ0n) is 15.4. The Bertz CT molecular complexity index is 864. The topological polar surface area (TPSA) is 128 Å². The van der Waals surface area contributed by atoms with Crippen LogP contribution in [0.2, 0.25) is 0 Å². The van der Waals surface area contributed by atoms with Crippen LogP contribution in [0.1, 0.15) is 40.5 Å². The molecule has 28 heavy (non-hydrogen) atoms. The van der Waals surface area contributed by atoms with Crippen LogP contribution in [0, 0.1) is 10.1 Å². The Morgan fingerprint density at radius 2 is 1.89 bits per heavy atom. The standard InChI is InChI=1S/C19H20N2O7/c1-3-4-7-28-17-6-5-15(27-2)11-16(17)20-18(22)12-8-13(19(23)24)10-14(9-12)21(25)26/h5-6,8-11H,3-4,7H2,1-2H3,(H,20,22)(H,23,24). The maximum atomic E-state index is 12.6.